The van der Waals surface area contributed by atoms with Crippen molar-refractivity contribution >= 4 is 29.1 Å². The Morgan fingerprint density at radius 1 is 0.742 bits per heavy atom. The van der Waals surface area contributed by atoms with Gasteiger partial charge >= 0.3 is 0 Å². The van der Waals surface area contributed by atoms with Crippen LogP contribution in [0.25, 0.3) is 0 Å². The Morgan fingerprint density at radius 3 is 2.10 bits per heavy atom. The summed E-state index contributed by atoms with van der Waals surface area (Å²) < 4.78 is 2.18. The number of amides is 1. The van der Waals surface area contributed by atoms with Gasteiger partial charge in [0.25, 0.3) is 5.91 Å². The highest BCUT2D eigenvalue weighted by Crippen LogP contribution is 2.24. The molecule has 156 valence electrons. The van der Waals surface area contributed by atoms with Gasteiger partial charge in [-0.05, 0) is 41.5 Å². The quantitative estimate of drug-likeness (QED) is 0.309. The molecule has 0 radical (unpaired) electrons. The summed E-state index contributed by atoms with van der Waals surface area (Å²) in [6.45, 7) is 1.73. The predicted octanol–water partition coefficient (Wildman–Crippen LogP) is 6.69. The minimum Gasteiger partial charge on any atom is -0.345 e. The molecule has 0 saturated carbocycles. The maximum Gasteiger partial charge on any atom is 0.254 e. The first-order chi connectivity index (χ1) is 15.1. The number of hydrogen-bond donors (Lipinski definition) is 0. The van der Waals surface area contributed by atoms with Crippen LogP contribution in [0, 0.1) is 0 Å². The van der Waals surface area contributed by atoms with Crippen LogP contribution < -0.4 is 0 Å². The lowest BCUT2D eigenvalue weighted by molar-refractivity contribution is 0.0726. The average Bonchev–Trinajstić information content (AvgIpc) is 3.22. The number of benzene rings is 3. The average molecular weight is 449 g/mol. The Labute approximate surface area is 192 Å². The maximum absolute atomic E-state index is 13.4. The minimum atomic E-state index is -0.0881. The van der Waals surface area contributed by atoms with Gasteiger partial charge in [0.15, 0.2) is 0 Å². The molecule has 0 spiro atoms. The Balaban J connectivity index is 1.61. The normalized spacial score (nSPS) is 10.8. The van der Waals surface area contributed by atoms with Gasteiger partial charge in [0.1, 0.15) is 0 Å². The van der Waals surface area contributed by atoms with Gasteiger partial charge in [0.2, 0.25) is 0 Å². The molecular weight excluding hydrogens is 427 g/mol. The van der Waals surface area contributed by atoms with Crippen molar-refractivity contribution in [2.24, 2.45) is 0 Å². The fraction of sp³-hybridized carbons (Fsp3) is 0.115. The van der Waals surface area contributed by atoms with E-state index in [9.17, 15) is 4.79 Å². The zero-order chi connectivity index (χ0) is 21.6. The van der Waals surface area contributed by atoms with Crippen molar-refractivity contribution in [2.75, 3.05) is 0 Å². The number of aromatic nitrogens is 1. The van der Waals surface area contributed by atoms with E-state index >= 15 is 0 Å². The van der Waals surface area contributed by atoms with Crippen LogP contribution in [0.1, 0.15) is 27.2 Å². The van der Waals surface area contributed by atoms with Crippen molar-refractivity contribution in [2.45, 2.75) is 19.6 Å². The first-order valence-electron chi connectivity index (χ1n) is 10.1. The summed E-state index contributed by atoms with van der Waals surface area (Å²) in [6, 6.07) is 29.4. The van der Waals surface area contributed by atoms with Crippen molar-refractivity contribution in [3.05, 3.63) is 130 Å². The fourth-order valence-electron chi connectivity index (χ4n) is 3.54. The lowest BCUT2D eigenvalue weighted by atomic mass is 10.1. The standard InChI is InChI=1S/C26H22Cl2N2O/c27-24-14-13-22(16-25(24)28)26(31)30(18-21-10-5-2-6-11-21)19-23-12-7-15-29(23)17-20-8-3-1-4-9-20/h1-16H,17-19H2. The molecule has 1 heterocycles. The van der Waals surface area contributed by atoms with Gasteiger partial charge in [-0.3, -0.25) is 4.79 Å². The molecule has 0 fully saturated rings. The van der Waals surface area contributed by atoms with Crippen LogP contribution in [-0.2, 0) is 19.6 Å². The lowest BCUT2D eigenvalue weighted by Crippen LogP contribution is -2.31. The molecule has 0 saturated heterocycles. The van der Waals surface area contributed by atoms with Crippen LogP contribution in [0.2, 0.25) is 10.0 Å². The summed E-state index contributed by atoms with van der Waals surface area (Å²) in [7, 11) is 0. The van der Waals surface area contributed by atoms with E-state index in [1.807, 2.05) is 65.7 Å². The molecule has 0 unspecified atom stereocenters. The lowest BCUT2D eigenvalue weighted by Gasteiger charge is -2.24. The second-order valence-electron chi connectivity index (χ2n) is 7.39. The Morgan fingerprint density at radius 2 is 1.42 bits per heavy atom. The Bertz CT molecular complexity index is 1160. The van der Waals surface area contributed by atoms with Crippen molar-refractivity contribution < 1.29 is 4.79 Å². The molecule has 0 aliphatic heterocycles. The van der Waals surface area contributed by atoms with E-state index in [2.05, 4.69) is 22.8 Å². The number of carbonyl (C=O) groups excluding carboxylic acids is 1. The second kappa shape index (κ2) is 9.86. The van der Waals surface area contributed by atoms with Gasteiger partial charge in [0.05, 0.1) is 16.6 Å². The van der Waals surface area contributed by atoms with Crippen LogP contribution in [0.3, 0.4) is 0 Å². The van der Waals surface area contributed by atoms with E-state index in [0.717, 1.165) is 17.8 Å². The number of rotatable bonds is 7. The molecule has 1 aromatic heterocycles. The number of nitrogens with zero attached hydrogens (tertiary/aromatic N) is 2. The molecule has 0 N–H and O–H groups in total. The topological polar surface area (TPSA) is 25.2 Å². The summed E-state index contributed by atoms with van der Waals surface area (Å²) in [6.07, 6.45) is 2.05. The van der Waals surface area contributed by atoms with E-state index in [1.165, 1.54) is 5.56 Å². The van der Waals surface area contributed by atoms with Gasteiger partial charge in [-0.2, -0.15) is 0 Å². The van der Waals surface area contributed by atoms with Crippen LogP contribution in [-0.4, -0.2) is 15.4 Å². The Kier molecular flexibility index (Phi) is 6.76. The molecule has 0 bridgehead atoms. The van der Waals surface area contributed by atoms with Gasteiger partial charge < -0.3 is 9.47 Å². The van der Waals surface area contributed by atoms with Crippen molar-refractivity contribution in [1.29, 1.82) is 0 Å². The molecule has 31 heavy (non-hydrogen) atoms. The first-order valence-corrected chi connectivity index (χ1v) is 10.8. The number of hydrogen-bond acceptors (Lipinski definition) is 1. The highest BCUT2D eigenvalue weighted by atomic mass is 35.5. The smallest absolute Gasteiger partial charge is 0.254 e. The zero-order valence-electron chi connectivity index (χ0n) is 16.9. The third-order valence-corrected chi connectivity index (χ3v) is 5.88. The van der Waals surface area contributed by atoms with Crippen LogP contribution in [0.5, 0.6) is 0 Å². The van der Waals surface area contributed by atoms with E-state index in [-0.39, 0.29) is 5.91 Å². The van der Waals surface area contributed by atoms with Crippen molar-refractivity contribution in [1.82, 2.24) is 9.47 Å². The molecule has 3 nitrogen and oxygen atoms in total. The van der Waals surface area contributed by atoms with Gasteiger partial charge in [-0.1, -0.05) is 83.9 Å². The van der Waals surface area contributed by atoms with Gasteiger partial charge in [0, 0.05) is 30.5 Å². The van der Waals surface area contributed by atoms with Crippen LogP contribution in [0.4, 0.5) is 0 Å². The molecule has 1 amide bonds. The molecule has 0 aliphatic carbocycles. The van der Waals surface area contributed by atoms with Crippen LogP contribution in [0.15, 0.2) is 97.2 Å². The third kappa shape index (κ3) is 5.38. The zero-order valence-corrected chi connectivity index (χ0v) is 18.4. The summed E-state index contributed by atoms with van der Waals surface area (Å²) >= 11 is 12.2. The monoisotopic (exact) mass is 448 g/mol. The largest absolute Gasteiger partial charge is 0.345 e. The molecule has 4 rings (SSSR count). The first kappa shape index (κ1) is 21.2. The van der Waals surface area contributed by atoms with E-state index in [1.54, 1.807) is 18.2 Å². The van der Waals surface area contributed by atoms with Crippen molar-refractivity contribution in [3.8, 4) is 0 Å². The molecule has 3 aromatic carbocycles. The Hall–Kier alpha value is -3.01. The molecule has 4 aromatic rings. The second-order valence-corrected chi connectivity index (χ2v) is 8.20. The van der Waals surface area contributed by atoms with Crippen molar-refractivity contribution in [3.63, 3.8) is 0 Å². The number of halogens is 2. The van der Waals surface area contributed by atoms with Gasteiger partial charge in [-0.15, -0.1) is 0 Å². The molecule has 0 aliphatic rings. The van der Waals surface area contributed by atoms with E-state index in [4.69, 9.17) is 23.2 Å². The summed E-state index contributed by atoms with van der Waals surface area (Å²) in [5.74, 6) is -0.0881. The predicted molar refractivity (Wildman–Crippen MR) is 126 cm³/mol. The summed E-state index contributed by atoms with van der Waals surface area (Å²) in [5, 5.41) is 0.809. The summed E-state index contributed by atoms with van der Waals surface area (Å²) in [4.78, 5) is 15.3. The summed E-state index contributed by atoms with van der Waals surface area (Å²) in [5.41, 5.74) is 3.86. The molecule has 0 atom stereocenters. The van der Waals surface area contributed by atoms with Gasteiger partial charge in [-0.25, -0.2) is 0 Å². The SMILES string of the molecule is O=C(c1ccc(Cl)c(Cl)c1)N(Cc1ccccc1)Cc1cccn1Cc1ccccc1. The highest BCUT2D eigenvalue weighted by molar-refractivity contribution is 6.42. The molecule has 5 heteroatoms. The highest BCUT2D eigenvalue weighted by Gasteiger charge is 2.19. The minimum absolute atomic E-state index is 0.0881. The maximum atomic E-state index is 13.4. The van der Waals surface area contributed by atoms with E-state index in [0.29, 0.717) is 28.7 Å². The fourth-order valence-corrected chi connectivity index (χ4v) is 3.84. The number of carbonyl (C=O) groups is 1. The van der Waals surface area contributed by atoms with E-state index < -0.39 is 0 Å². The third-order valence-electron chi connectivity index (χ3n) is 5.14. The molecular formula is C26H22Cl2N2O. The van der Waals surface area contributed by atoms with Crippen LogP contribution >= 0.6 is 23.2 Å².